The first-order chi connectivity index (χ1) is 8.70. The second kappa shape index (κ2) is 5.71. The molecule has 1 amide bonds. The van der Waals surface area contributed by atoms with Crippen LogP contribution in [0.1, 0.15) is 18.6 Å². The largest absolute Gasteiger partial charge is 0.469 e. The van der Waals surface area contributed by atoms with E-state index in [0.29, 0.717) is 13.1 Å². The SMILES string of the molecule is COC(=O)C1CC(=O)N(CCCc2ccco2)C1. The Kier molecular flexibility index (Phi) is 4.02. The lowest BCUT2D eigenvalue weighted by Gasteiger charge is -2.15. The molecule has 5 nitrogen and oxygen atoms in total. The molecule has 1 saturated heterocycles. The van der Waals surface area contributed by atoms with Crippen molar-refractivity contribution in [3.63, 3.8) is 0 Å². The van der Waals surface area contributed by atoms with Gasteiger partial charge in [0, 0.05) is 25.9 Å². The highest BCUT2D eigenvalue weighted by Gasteiger charge is 2.34. The Labute approximate surface area is 106 Å². The molecule has 0 saturated carbocycles. The molecule has 1 aliphatic rings. The summed E-state index contributed by atoms with van der Waals surface area (Å²) >= 11 is 0. The third kappa shape index (κ3) is 2.91. The quantitative estimate of drug-likeness (QED) is 0.739. The van der Waals surface area contributed by atoms with Gasteiger partial charge in [0.05, 0.1) is 19.3 Å². The van der Waals surface area contributed by atoms with Crippen LogP contribution < -0.4 is 0 Å². The van der Waals surface area contributed by atoms with E-state index < -0.39 is 0 Å². The predicted octanol–water partition coefficient (Wildman–Crippen LogP) is 1.23. The Morgan fingerprint density at radius 1 is 1.61 bits per heavy atom. The van der Waals surface area contributed by atoms with E-state index in [2.05, 4.69) is 4.74 Å². The highest BCUT2D eigenvalue weighted by molar-refractivity contribution is 5.86. The molecule has 2 rings (SSSR count). The van der Waals surface area contributed by atoms with Crippen molar-refractivity contribution in [1.29, 1.82) is 0 Å². The van der Waals surface area contributed by atoms with Crippen molar-refractivity contribution >= 4 is 11.9 Å². The summed E-state index contributed by atoms with van der Waals surface area (Å²) in [6.07, 6.45) is 3.56. The number of likely N-dealkylation sites (tertiary alicyclic amines) is 1. The molecule has 0 aromatic carbocycles. The van der Waals surface area contributed by atoms with E-state index in [1.165, 1.54) is 7.11 Å². The van der Waals surface area contributed by atoms with Crippen LogP contribution in [0.25, 0.3) is 0 Å². The molecule has 0 bridgehead atoms. The van der Waals surface area contributed by atoms with E-state index in [4.69, 9.17) is 4.42 Å². The van der Waals surface area contributed by atoms with Crippen molar-refractivity contribution in [2.45, 2.75) is 19.3 Å². The molecule has 5 heteroatoms. The van der Waals surface area contributed by atoms with Crippen LogP contribution in [0.3, 0.4) is 0 Å². The van der Waals surface area contributed by atoms with Crippen molar-refractivity contribution in [1.82, 2.24) is 4.90 Å². The summed E-state index contributed by atoms with van der Waals surface area (Å²) in [4.78, 5) is 24.8. The number of amides is 1. The van der Waals surface area contributed by atoms with E-state index in [1.807, 2.05) is 12.1 Å². The molecule has 0 radical (unpaired) electrons. The smallest absolute Gasteiger partial charge is 0.310 e. The zero-order valence-corrected chi connectivity index (χ0v) is 10.4. The number of aryl methyl sites for hydroxylation is 1. The van der Waals surface area contributed by atoms with Gasteiger partial charge in [-0.05, 0) is 18.6 Å². The molecule has 0 spiro atoms. The van der Waals surface area contributed by atoms with Gasteiger partial charge in [0.2, 0.25) is 5.91 Å². The molecule has 18 heavy (non-hydrogen) atoms. The van der Waals surface area contributed by atoms with E-state index in [9.17, 15) is 9.59 Å². The predicted molar refractivity (Wildman–Crippen MR) is 63.7 cm³/mol. The molecule has 1 aromatic rings. The average Bonchev–Trinajstić information content (AvgIpc) is 2.99. The third-order valence-electron chi connectivity index (χ3n) is 3.18. The first kappa shape index (κ1) is 12.7. The third-order valence-corrected chi connectivity index (χ3v) is 3.18. The van der Waals surface area contributed by atoms with Gasteiger partial charge in [-0.1, -0.05) is 0 Å². The minimum atomic E-state index is -0.300. The van der Waals surface area contributed by atoms with Crippen molar-refractivity contribution in [2.75, 3.05) is 20.2 Å². The maximum Gasteiger partial charge on any atom is 0.310 e. The van der Waals surface area contributed by atoms with Crippen molar-refractivity contribution in [2.24, 2.45) is 5.92 Å². The molecule has 1 unspecified atom stereocenters. The lowest BCUT2D eigenvalue weighted by molar-refractivity contribution is -0.145. The van der Waals surface area contributed by atoms with Crippen LogP contribution >= 0.6 is 0 Å². The number of carbonyl (C=O) groups is 2. The number of methoxy groups -OCH3 is 1. The Balaban J connectivity index is 1.76. The molecule has 0 N–H and O–H groups in total. The fraction of sp³-hybridized carbons (Fsp3) is 0.538. The van der Waals surface area contributed by atoms with Gasteiger partial charge < -0.3 is 14.1 Å². The van der Waals surface area contributed by atoms with Crippen LogP contribution in [-0.2, 0) is 20.7 Å². The first-order valence-electron chi connectivity index (χ1n) is 6.08. The number of carbonyl (C=O) groups excluding carboxylic acids is 2. The number of nitrogens with zero attached hydrogens (tertiary/aromatic N) is 1. The number of hydrogen-bond acceptors (Lipinski definition) is 4. The van der Waals surface area contributed by atoms with Gasteiger partial charge in [-0.3, -0.25) is 9.59 Å². The molecule has 1 atom stereocenters. The van der Waals surface area contributed by atoms with E-state index >= 15 is 0 Å². The summed E-state index contributed by atoms with van der Waals surface area (Å²) in [6, 6.07) is 3.77. The summed E-state index contributed by atoms with van der Waals surface area (Å²) in [7, 11) is 1.35. The van der Waals surface area contributed by atoms with Crippen LogP contribution in [0.2, 0.25) is 0 Å². The number of rotatable bonds is 5. The summed E-state index contributed by atoms with van der Waals surface area (Å²) in [5, 5.41) is 0. The lowest BCUT2D eigenvalue weighted by atomic mass is 10.1. The van der Waals surface area contributed by atoms with Crippen LogP contribution in [0, 0.1) is 5.92 Å². The van der Waals surface area contributed by atoms with Gasteiger partial charge in [-0.15, -0.1) is 0 Å². The maximum atomic E-state index is 11.7. The summed E-state index contributed by atoms with van der Waals surface area (Å²) < 4.78 is 9.89. The summed E-state index contributed by atoms with van der Waals surface area (Å²) in [5.74, 6) is 0.360. The summed E-state index contributed by atoms with van der Waals surface area (Å²) in [5.41, 5.74) is 0. The Bertz CT molecular complexity index is 413. The van der Waals surface area contributed by atoms with E-state index in [-0.39, 0.29) is 24.2 Å². The van der Waals surface area contributed by atoms with Gasteiger partial charge in [0.25, 0.3) is 0 Å². The average molecular weight is 251 g/mol. The Morgan fingerprint density at radius 2 is 2.44 bits per heavy atom. The van der Waals surface area contributed by atoms with Crippen LogP contribution in [0.15, 0.2) is 22.8 Å². The fourth-order valence-corrected chi connectivity index (χ4v) is 2.21. The van der Waals surface area contributed by atoms with Crippen molar-refractivity contribution < 1.29 is 18.7 Å². The highest BCUT2D eigenvalue weighted by atomic mass is 16.5. The molecule has 1 fully saturated rings. The van der Waals surface area contributed by atoms with Gasteiger partial charge in [0.15, 0.2) is 0 Å². The normalized spacial score (nSPS) is 19.3. The monoisotopic (exact) mass is 251 g/mol. The Morgan fingerprint density at radius 3 is 3.11 bits per heavy atom. The minimum Gasteiger partial charge on any atom is -0.469 e. The lowest BCUT2D eigenvalue weighted by Crippen LogP contribution is -2.27. The molecule has 2 heterocycles. The number of hydrogen-bond donors (Lipinski definition) is 0. The number of ether oxygens (including phenoxy) is 1. The van der Waals surface area contributed by atoms with Gasteiger partial charge >= 0.3 is 5.97 Å². The number of esters is 1. The van der Waals surface area contributed by atoms with Gasteiger partial charge in [0.1, 0.15) is 5.76 Å². The second-order valence-corrected chi connectivity index (χ2v) is 4.45. The molecule has 1 aromatic heterocycles. The molecule has 1 aliphatic heterocycles. The zero-order valence-electron chi connectivity index (χ0n) is 10.4. The highest BCUT2D eigenvalue weighted by Crippen LogP contribution is 2.19. The standard InChI is InChI=1S/C13H17NO4/c1-17-13(16)10-8-12(15)14(9-10)6-2-4-11-5-3-7-18-11/h3,5,7,10H,2,4,6,8-9H2,1H3. The van der Waals surface area contributed by atoms with Crippen molar-refractivity contribution in [3.05, 3.63) is 24.2 Å². The molecular formula is C13H17NO4. The topological polar surface area (TPSA) is 59.8 Å². The first-order valence-corrected chi connectivity index (χ1v) is 6.08. The Hall–Kier alpha value is -1.78. The van der Waals surface area contributed by atoms with Crippen LogP contribution in [0.5, 0.6) is 0 Å². The summed E-state index contributed by atoms with van der Waals surface area (Å²) in [6.45, 7) is 1.14. The molecule has 98 valence electrons. The number of furan rings is 1. The maximum absolute atomic E-state index is 11.7. The van der Waals surface area contributed by atoms with Crippen LogP contribution in [0.4, 0.5) is 0 Å². The van der Waals surface area contributed by atoms with Crippen LogP contribution in [-0.4, -0.2) is 37.0 Å². The van der Waals surface area contributed by atoms with E-state index in [1.54, 1.807) is 11.2 Å². The van der Waals surface area contributed by atoms with Gasteiger partial charge in [-0.2, -0.15) is 0 Å². The van der Waals surface area contributed by atoms with Gasteiger partial charge in [-0.25, -0.2) is 0 Å². The second-order valence-electron chi connectivity index (χ2n) is 4.45. The zero-order chi connectivity index (χ0) is 13.0. The minimum absolute atomic E-state index is 0.0323. The van der Waals surface area contributed by atoms with E-state index in [0.717, 1.165) is 18.6 Å². The molecule has 0 aliphatic carbocycles. The fourth-order valence-electron chi connectivity index (χ4n) is 2.21. The molecular weight excluding hydrogens is 234 g/mol. The van der Waals surface area contributed by atoms with Crippen molar-refractivity contribution in [3.8, 4) is 0 Å².